The highest BCUT2D eigenvalue weighted by atomic mass is 32.1. The maximum absolute atomic E-state index is 14.0. The predicted octanol–water partition coefficient (Wildman–Crippen LogP) is 4.79. The molecule has 0 bridgehead atoms. The molecule has 8 heteroatoms. The van der Waals surface area contributed by atoms with Gasteiger partial charge in [0.05, 0.1) is 22.4 Å². The first-order chi connectivity index (χ1) is 14.8. The zero-order valence-corrected chi connectivity index (χ0v) is 19.0. The Morgan fingerprint density at radius 3 is 2.71 bits per heavy atom. The molecule has 31 heavy (non-hydrogen) atoms. The van der Waals surface area contributed by atoms with Crippen LogP contribution in [-0.2, 0) is 0 Å². The van der Waals surface area contributed by atoms with Crippen LogP contribution < -0.4 is 4.90 Å². The van der Waals surface area contributed by atoms with Gasteiger partial charge in [0.2, 0.25) is 5.95 Å². The van der Waals surface area contributed by atoms with Crippen molar-refractivity contribution in [3.05, 3.63) is 57.6 Å². The molecular weight excluding hydrogens is 413 g/mol. The van der Waals surface area contributed by atoms with Crippen LogP contribution >= 0.6 is 11.3 Å². The molecule has 1 amide bonds. The average molecular weight is 440 g/mol. The van der Waals surface area contributed by atoms with E-state index in [1.54, 1.807) is 12.3 Å². The highest BCUT2D eigenvalue weighted by Crippen LogP contribution is 2.38. The summed E-state index contributed by atoms with van der Waals surface area (Å²) in [5, 5.41) is 0.881. The summed E-state index contributed by atoms with van der Waals surface area (Å²) in [6.07, 6.45) is 4.49. The van der Waals surface area contributed by atoms with E-state index in [0.29, 0.717) is 22.9 Å². The lowest BCUT2D eigenvalue weighted by atomic mass is 9.93. The van der Waals surface area contributed by atoms with Gasteiger partial charge in [-0.15, -0.1) is 11.3 Å². The third kappa shape index (κ3) is 4.30. The standard InChI is InChI=1S/C23H26FN5OS/c1-14-21(31-15(2)26-14)22(30)29-11-6-5-10-19(29)20-18(13-25-23(27-20)28(3)4)16-8-7-9-17(24)12-16/h7-9,12-13,19H,5-6,10-11H2,1-4H3/t19-/m1/s1. The van der Waals surface area contributed by atoms with Crippen LogP contribution in [0.4, 0.5) is 10.3 Å². The molecule has 0 aliphatic carbocycles. The molecule has 1 saturated heterocycles. The normalized spacial score (nSPS) is 16.4. The second kappa shape index (κ2) is 8.70. The van der Waals surface area contributed by atoms with Crippen LogP contribution in [0.25, 0.3) is 11.1 Å². The highest BCUT2D eigenvalue weighted by molar-refractivity contribution is 7.13. The van der Waals surface area contributed by atoms with Crippen LogP contribution in [0, 0.1) is 19.7 Å². The number of piperidine rings is 1. The Kier molecular flexibility index (Phi) is 6.00. The molecule has 3 aromatic rings. The number of amides is 1. The molecule has 2 aromatic heterocycles. The van der Waals surface area contributed by atoms with Crippen molar-refractivity contribution in [2.45, 2.75) is 39.2 Å². The first-order valence-electron chi connectivity index (χ1n) is 10.4. The maximum Gasteiger partial charge on any atom is 0.266 e. The molecule has 3 heterocycles. The van der Waals surface area contributed by atoms with Crippen LogP contribution in [0.1, 0.15) is 51.4 Å². The molecule has 1 aliphatic heterocycles. The third-order valence-corrected chi connectivity index (χ3v) is 6.58. The molecular formula is C23H26FN5OS. The number of likely N-dealkylation sites (tertiary alicyclic amines) is 1. The molecule has 0 saturated carbocycles. The lowest BCUT2D eigenvalue weighted by Gasteiger charge is -2.36. The number of hydrogen-bond acceptors (Lipinski definition) is 6. The van der Waals surface area contributed by atoms with Crippen molar-refractivity contribution in [3.8, 4) is 11.1 Å². The van der Waals surface area contributed by atoms with Gasteiger partial charge in [0, 0.05) is 32.4 Å². The minimum absolute atomic E-state index is 0.0111. The maximum atomic E-state index is 14.0. The van der Waals surface area contributed by atoms with E-state index in [1.807, 2.05) is 43.8 Å². The number of benzene rings is 1. The number of aromatic nitrogens is 3. The Balaban J connectivity index is 1.82. The van der Waals surface area contributed by atoms with Gasteiger partial charge in [-0.1, -0.05) is 12.1 Å². The number of thiazole rings is 1. The van der Waals surface area contributed by atoms with Crippen molar-refractivity contribution in [3.63, 3.8) is 0 Å². The molecule has 1 aliphatic rings. The lowest BCUT2D eigenvalue weighted by Crippen LogP contribution is -2.39. The molecule has 4 rings (SSSR count). The van der Waals surface area contributed by atoms with Crippen molar-refractivity contribution in [2.75, 3.05) is 25.5 Å². The van der Waals surface area contributed by atoms with Crippen molar-refractivity contribution in [1.82, 2.24) is 19.9 Å². The highest BCUT2D eigenvalue weighted by Gasteiger charge is 2.33. The summed E-state index contributed by atoms with van der Waals surface area (Å²) < 4.78 is 14.0. The molecule has 162 valence electrons. The third-order valence-electron chi connectivity index (χ3n) is 5.52. The van der Waals surface area contributed by atoms with Gasteiger partial charge in [-0.3, -0.25) is 4.79 Å². The smallest absolute Gasteiger partial charge is 0.266 e. The quantitative estimate of drug-likeness (QED) is 0.585. The van der Waals surface area contributed by atoms with E-state index in [1.165, 1.54) is 23.5 Å². The van der Waals surface area contributed by atoms with E-state index in [2.05, 4.69) is 9.97 Å². The molecule has 0 unspecified atom stereocenters. The van der Waals surface area contributed by atoms with Crippen molar-refractivity contribution >= 4 is 23.2 Å². The van der Waals surface area contributed by atoms with Gasteiger partial charge in [-0.25, -0.2) is 19.3 Å². The van der Waals surface area contributed by atoms with E-state index in [0.717, 1.165) is 41.2 Å². The zero-order valence-electron chi connectivity index (χ0n) is 18.2. The van der Waals surface area contributed by atoms with Crippen molar-refractivity contribution < 1.29 is 9.18 Å². The van der Waals surface area contributed by atoms with E-state index >= 15 is 0 Å². The van der Waals surface area contributed by atoms with Gasteiger partial charge in [0.1, 0.15) is 10.7 Å². The topological polar surface area (TPSA) is 62.2 Å². The number of anilines is 1. The van der Waals surface area contributed by atoms with E-state index in [-0.39, 0.29) is 17.8 Å². The Labute approximate surface area is 185 Å². The summed E-state index contributed by atoms with van der Waals surface area (Å²) in [5.74, 6) is 0.244. The zero-order chi connectivity index (χ0) is 22.1. The van der Waals surface area contributed by atoms with E-state index in [4.69, 9.17) is 4.98 Å². The van der Waals surface area contributed by atoms with Crippen molar-refractivity contribution in [1.29, 1.82) is 0 Å². The summed E-state index contributed by atoms with van der Waals surface area (Å²) in [7, 11) is 3.77. The first-order valence-corrected chi connectivity index (χ1v) is 11.2. The number of nitrogens with zero attached hydrogens (tertiary/aromatic N) is 5. The van der Waals surface area contributed by atoms with Gasteiger partial charge in [0.15, 0.2) is 0 Å². The van der Waals surface area contributed by atoms with Gasteiger partial charge in [0.25, 0.3) is 5.91 Å². The Hall–Kier alpha value is -2.87. The fraction of sp³-hybridized carbons (Fsp3) is 0.391. The van der Waals surface area contributed by atoms with Crippen molar-refractivity contribution in [2.24, 2.45) is 0 Å². The fourth-order valence-electron chi connectivity index (χ4n) is 4.05. The predicted molar refractivity (Wildman–Crippen MR) is 121 cm³/mol. The summed E-state index contributed by atoms with van der Waals surface area (Å²) in [6, 6.07) is 6.24. The van der Waals surface area contributed by atoms with Gasteiger partial charge >= 0.3 is 0 Å². The first kappa shape index (κ1) is 21.4. The summed E-state index contributed by atoms with van der Waals surface area (Å²) >= 11 is 1.43. The summed E-state index contributed by atoms with van der Waals surface area (Å²) in [6.45, 7) is 4.45. The number of halogens is 1. The summed E-state index contributed by atoms with van der Waals surface area (Å²) in [4.78, 5) is 31.7. The van der Waals surface area contributed by atoms with Crippen LogP contribution in [0.15, 0.2) is 30.5 Å². The van der Waals surface area contributed by atoms with E-state index < -0.39 is 0 Å². The molecule has 6 nitrogen and oxygen atoms in total. The number of hydrogen-bond donors (Lipinski definition) is 0. The summed E-state index contributed by atoms with van der Waals surface area (Å²) in [5.41, 5.74) is 2.99. The molecule has 0 N–H and O–H groups in total. The SMILES string of the molecule is Cc1nc(C)c(C(=O)N2CCCC[C@@H]2c2nc(N(C)C)ncc2-c2cccc(F)c2)s1. The largest absolute Gasteiger partial charge is 0.347 e. The number of carbonyl (C=O) groups excluding carboxylic acids is 1. The van der Waals surface area contributed by atoms with Crippen LogP contribution in [-0.4, -0.2) is 46.4 Å². The molecule has 0 spiro atoms. The number of rotatable bonds is 4. The van der Waals surface area contributed by atoms with Crippen LogP contribution in [0.3, 0.4) is 0 Å². The number of carbonyl (C=O) groups is 1. The molecule has 0 radical (unpaired) electrons. The van der Waals surface area contributed by atoms with Gasteiger partial charge in [-0.05, 0) is 50.8 Å². The van der Waals surface area contributed by atoms with Crippen LogP contribution in [0.5, 0.6) is 0 Å². The minimum Gasteiger partial charge on any atom is -0.347 e. The minimum atomic E-state index is -0.313. The molecule has 1 aromatic carbocycles. The van der Waals surface area contributed by atoms with Gasteiger partial charge in [-0.2, -0.15) is 0 Å². The second-order valence-corrected chi connectivity index (χ2v) is 9.23. The van der Waals surface area contributed by atoms with E-state index in [9.17, 15) is 9.18 Å². The lowest BCUT2D eigenvalue weighted by molar-refractivity contribution is 0.0611. The van der Waals surface area contributed by atoms with Crippen LogP contribution in [0.2, 0.25) is 0 Å². The second-order valence-electron chi connectivity index (χ2n) is 8.03. The average Bonchev–Trinajstić information content (AvgIpc) is 3.10. The Morgan fingerprint density at radius 1 is 1.23 bits per heavy atom. The Morgan fingerprint density at radius 2 is 2.03 bits per heavy atom. The fourth-order valence-corrected chi connectivity index (χ4v) is 4.93. The molecule has 1 fully saturated rings. The monoisotopic (exact) mass is 439 g/mol. The Bertz CT molecular complexity index is 1110. The van der Waals surface area contributed by atoms with Gasteiger partial charge < -0.3 is 9.80 Å². The molecule has 1 atom stereocenters. The number of aryl methyl sites for hydroxylation is 2.